The van der Waals surface area contributed by atoms with Gasteiger partial charge in [-0.3, -0.25) is 14.4 Å². The van der Waals surface area contributed by atoms with Gasteiger partial charge in [-0.15, -0.1) is 0 Å². The van der Waals surface area contributed by atoms with E-state index >= 15 is 0 Å². The molecule has 1 aliphatic heterocycles. The fourth-order valence-electron chi connectivity index (χ4n) is 3.53. The van der Waals surface area contributed by atoms with E-state index in [1.807, 2.05) is 0 Å². The quantitative estimate of drug-likeness (QED) is 0.537. The van der Waals surface area contributed by atoms with Gasteiger partial charge in [-0.25, -0.2) is 9.37 Å². The average molecular weight is 468 g/mol. The minimum atomic E-state index is -1.04. The third kappa shape index (κ3) is 4.85. The minimum Gasteiger partial charge on any atom is -0.481 e. The first kappa shape index (κ1) is 22.4. The van der Waals surface area contributed by atoms with E-state index in [0.29, 0.717) is 17.1 Å². The number of halogens is 2. The molecule has 3 aromatic rings. The van der Waals surface area contributed by atoms with Crippen LogP contribution in [-0.2, 0) is 17.8 Å². The van der Waals surface area contributed by atoms with Gasteiger partial charge >= 0.3 is 0 Å². The van der Waals surface area contributed by atoms with Crippen molar-refractivity contribution < 1.29 is 23.5 Å². The number of anilines is 1. The number of rotatable bonds is 6. The van der Waals surface area contributed by atoms with E-state index in [9.17, 15) is 18.8 Å². The van der Waals surface area contributed by atoms with Crippen molar-refractivity contribution in [3.05, 3.63) is 87.8 Å². The summed E-state index contributed by atoms with van der Waals surface area (Å²) in [6, 6.07) is 12.1. The number of fused-ring (bicyclic) bond motifs is 1. The largest absolute Gasteiger partial charge is 0.481 e. The highest BCUT2D eigenvalue weighted by Crippen LogP contribution is 2.29. The lowest BCUT2D eigenvalue weighted by Crippen LogP contribution is -2.37. The van der Waals surface area contributed by atoms with Gasteiger partial charge in [-0.2, -0.15) is 0 Å². The number of carbonyl (C=O) groups excluding carboxylic acids is 3. The second-order valence-electron chi connectivity index (χ2n) is 7.51. The van der Waals surface area contributed by atoms with Crippen molar-refractivity contribution in [3.63, 3.8) is 0 Å². The van der Waals surface area contributed by atoms with E-state index in [0.717, 1.165) is 5.56 Å². The fourth-order valence-corrected chi connectivity index (χ4v) is 3.65. The van der Waals surface area contributed by atoms with Crippen LogP contribution < -0.4 is 15.4 Å². The number of ketones is 1. The maximum absolute atomic E-state index is 13.8. The summed E-state index contributed by atoms with van der Waals surface area (Å²) in [6.45, 7) is 0.238. The second-order valence-corrected chi connectivity index (χ2v) is 7.92. The number of Topliss-reactive ketones (excluding diaryl/α,β-unsaturated/α-hetero) is 1. The zero-order valence-electron chi connectivity index (χ0n) is 17.5. The Balaban J connectivity index is 1.49. The highest BCUT2D eigenvalue weighted by atomic mass is 35.5. The molecule has 0 radical (unpaired) electrons. The van der Waals surface area contributed by atoms with E-state index in [2.05, 4.69) is 15.6 Å². The van der Waals surface area contributed by atoms with Crippen LogP contribution in [0.5, 0.6) is 5.88 Å². The molecule has 0 aliphatic carbocycles. The maximum atomic E-state index is 13.8. The zero-order valence-corrected chi connectivity index (χ0v) is 18.3. The fraction of sp³-hybridized carbons (Fsp3) is 0.167. The molecule has 2 aromatic carbocycles. The Morgan fingerprint density at radius 1 is 1.15 bits per heavy atom. The minimum absolute atomic E-state index is 0.0130. The zero-order chi connectivity index (χ0) is 23.5. The van der Waals surface area contributed by atoms with Gasteiger partial charge in [0, 0.05) is 29.9 Å². The summed E-state index contributed by atoms with van der Waals surface area (Å²) >= 11 is 5.70. The van der Waals surface area contributed by atoms with Gasteiger partial charge in [0.25, 0.3) is 5.91 Å². The van der Waals surface area contributed by atoms with Crippen LogP contribution in [-0.4, -0.2) is 29.7 Å². The number of hydrogen-bond donors (Lipinski definition) is 2. The van der Waals surface area contributed by atoms with Crippen LogP contribution in [0.15, 0.2) is 54.7 Å². The van der Waals surface area contributed by atoms with Crippen molar-refractivity contribution in [1.29, 1.82) is 0 Å². The van der Waals surface area contributed by atoms with Gasteiger partial charge in [-0.05, 0) is 47.9 Å². The molecule has 33 heavy (non-hydrogen) atoms. The summed E-state index contributed by atoms with van der Waals surface area (Å²) in [4.78, 5) is 42.3. The molecule has 1 unspecified atom stereocenters. The predicted octanol–water partition coefficient (Wildman–Crippen LogP) is 3.81. The molecule has 0 saturated carbocycles. The number of carbonyl (C=O) groups is 3. The topological polar surface area (TPSA) is 97.4 Å². The number of benzene rings is 2. The normalized spacial score (nSPS) is 14.9. The van der Waals surface area contributed by atoms with Gasteiger partial charge in [0.05, 0.1) is 17.8 Å². The van der Waals surface area contributed by atoms with Gasteiger partial charge in [0.1, 0.15) is 11.7 Å². The van der Waals surface area contributed by atoms with Gasteiger partial charge < -0.3 is 15.4 Å². The molecule has 1 aliphatic rings. The first-order valence-corrected chi connectivity index (χ1v) is 10.4. The Hall–Kier alpha value is -3.78. The van der Waals surface area contributed by atoms with Crippen molar-refractivity contribution in [1.82, 2.24) is 10.3 Å². The number of aromatic nitrogens is 1. The number of nitrogens with zero attached hydrogens (tertiary/aromatic N) is 1. The molecule has 1 atom stereocenters. The molecule has 2 N–H and O–H groups in total. The standard InChI is InChI=1S/C24H19ClFN3O4/c1-33-21-7-3-14(11-27-21)12-28-23(31)15-4-6-20-16(10-15)22(30)17(24(32)29-20)8-13-2-5-18(25)19(26)9-13/h2-7,9-11,17H,8,12H2,1H3,(H,28,31)(H,29,32). The molecular weight excluding hydrogens is 449 g/mol. The average Bonchev–Trinajstić information content (AvgIpc) is 2.82. The van der Waals surface area contributed by atoms with Gasteiger partial charge in [0.15, 0.2) is 5.78 Å². The lowest BCUT2D eigenvalue weighted by atomic mass is 9.86. The van der Waals surface area contributed by atoms with Crippen LogP contribution in [0.2, 0.25) is 5.02 Å². The third-order valence-corrected chi connectivity index (χ3v) is 5.63. The second kappa shape index (κ2) is 9.38. The predicted molar refractivity (Wildman–Crippen MR) is 120 cm³/mol. The Labute approximate surface area is 193 Å². The van der Waals surface area contributed by atoms with Crippen LogP contribution >= 0.6 is 11.6 Å². The number of amides is 2. The number of nitrogens with one attached hydrogen (secondary N) is 2. The molecule has 4 rings (SSSR count). The maximum Gasteiger partial charge on any atom is 0.251 e. The Morgan fingerprint density at radius 2 is 1.94 bits per heavy atom. The third-order valence-electron chi connectivity index (χ3n) is 5.32. The molecule has 0 saturated heterocycles. The number of methoxy groups -OCH3 is 1. The van der Waals surface area contributed by atoms with E-state index < -0.39 is 23.4 Å². The Morgan fingerprint density at radius 3 is 2.64 bits per heavy atom. The molecule has 1 aromatic heterocycles. The van der Waals surface area contributed by atoms with Crippen LogP contribution in [0.25, 0.3) is 0 Å². The molecule has 9 heteroatoms. The molecule has 2 heterocycles. The molecule has 168 valence electrons. The molecule has 7 nitrogen and oxygen atoms in total. The number of hydrogen-bond acceptors (Lipinski definition) is 5. The first-order chi connectivity index (χ1) is 15.9. The Bertz CT molecular complexity index is 1250. The monoisotopic (exact) mass is 467 g/mol. The lowest BCUT2D eigenvalue weighted by Gasteiger charge is -2.24. The van der Waals surface area contributed by atoms with Crippen LogP contribution in [0.4, 0.5) is 10.1 Å². The highest BCUT2D eigenvalue weighted by Gasteiger charge is 2.35. The van der Waals surface area contributed by atoms with Gasteiger partial charge in [-0.1, -0.05) is 23.7 Å². The van der Waals surface area contributed by atoms with E-state index in [1.54, 1.807) is 24.4 Å². The summed E-state index contributed by atoms with van der Waals surface area (Å²) in [5.41, 5.74) is 2.08. The molecule has 2 amide bonds. The summed E-state index contributed by atoms with van der Waals surface area (Å²) in [5, 5.41) is 5.43. The Kier molecular flexibility index (Phi) is 6.37. The van der Waals surface area contributed by atoms with Crippen LogP contribution in [0.3, 0.4) is 0 Å². The molecule has 0 spiro atoms. The summed E-state index contributed by atoms with van der Waals surface area (Å²) in [5.74, 6) is -2.48. The number of pyridine rings is 1. The summed E-state index contributed by atoms with van der Waals surface area (Å²) in [6.07, 6.45) is 1.61. The molecular formula is C24H19ClFN3O4. The van der Waals surface area contributed by atoms with Crippen molar-refractivity contribution >= 4 is 34.9 Å². The van der Waals surface area contributed by atoms with Crippen molar-refractivity contribution in [2.75, 3.05) is 12.4 Å². The van der Waals surface area contributed by atoms with E-state index in [1.165, 1.54) is 37.4 Å². The molecule has 0 fully saturated rings. The summed E-state index contributed by atoms with van der Waals surface area (Å²) in [7, 11) is 1.52. The van der Waals surface area contributed by atoms with Crippen molar-refractivity contribution in [2.45, 2.75) is 13.0 Å². The van der Waals surface area contributed by atoms with Crippen LogP contribution in [0, 0.1) is 11.7 Å². The molecule has 0 bridgehead atoms. The van der Waals surface area contributed by atoms with Crippen molar-refractivity contribution in [3.8, 4) is 5.88 Å². The lowest BCUT2D eigenvalue weighted by molar-refractivity contribution is -0.118. The van der Waals surface area contributed by atoms with Gasteiger partial charge in [0.2, 0.25) is 11.8 Å². The smallest absolute Gasteiger partial charge is 0.251 e. The summed E-state index contributed by atoms with van der Waals surface area (Å²) < 4.78 is 18.8. The van der Waals surface area contributed by atoms with E-state index in [-0.39, 0.29) is 35.0 Å². The first-order valence-electron chi connectivity index (χ1n) is 10.1. The van der Waals surface area contributed by atoms with Crippen molar-refractivity contribution in [2.24, 2.45) is 5.92 Å². The highest BCUT2D eigenvalue weighted by molar-refractivity contribution is 6.30. The van der Waals surface area contributed by atoms with Crippen LogP contribution in [0.1, 0.15) is 31.8 Å². The van der Waals surface area contributed by atoms with E-state index in [4.69, 9.17) is 16.3 Å². The SMILES string of the molecule is COc1ccc(CNC(=O)c2ccc3c(c2)C(=O)C(Cc2ccc(Cl)c(F)c2)C(=O)N3)cn1. The number of ether oxygens (including phenoxy) is 1.